The number of aryl methyl sites for hydroxylation is 1. The number of halogens is 1. The fourth-order valence-corrected chi connectivity index (χ4v) is 6.27. The number of carbonyl (C=O) groups is 2. The van der Waals surface area contributed by atoms with E-state index in [0.29, 0.717) is 36.5 Å². The molecule has 0 atom stereocenters. The van der Waals surface area contributed by atoms with E-state index in [1.807, 2.05) is 6.92 Å². The Morgan fingerprint density at radius 2 is 1.76 bits per heavy atom. The summed E-state index contributed by atoms with van der Waals surface area (Å²) < 4.78 is 27.4. The van der Waals surface area contributed by atoms with Crippen LogP contribution >= 0.6 is 22.9 Å². The van der Waals surface area contributed by atoms with Crippen LogP contribution in [0.3, 0.4) is 0 Å². The second-order valence-corrected chi connectivity index (χ2v) is 11.0. The van der Waals surface area contributed by atoms with E-state index in [1.165, 1.54) is 46.2 Å². The minimum Gasteiger partial charge on any atom is -0.267 e. The lowest BCUT2D eigenvalue weighted by atomic mass is 9.99. The van der Waals surface area contributed by atoms with E-state index in [-0.39, 0.29) is 16.5 Å². The van der Waals surface area contributed by atoms with Gasteiger partial charge in [0.2, 0.25) is 10.0 Å². The van der Waals surface area contributed by atoms with Gasteiger partial charge in [-0.25, -0.2) is 13.4 Å². The third kappa shape index (κ3) is 5.27. The normalized spacial score (nSPS) is 15.1. The molecule has 1 aliphatic heterocycles. The molecule has 1 aliphatic rings. The van der Waals surface area contributed by atoms with E-state index in [4.69, 9.17) is 11.6 Å². The number of hydrogen-bond donors (Lipinski definition) is 2. The third-order valence-corrected chi connectivity index (χ3v) is 8.88. The SMILES string of the molecule is Cc1ccc(S(=O)(=O)N2CCC(c3nc(C(=O)NNC(=O)c4ccncc4)cs3)CC2)cc1Cl. The summed E-state index contributed by atoms with van der Waals surface area (Å²) in [6, 6.07) is 7.81. The van der Waals surface area contributed by atoms with Crippen molar-refractivity contribution in [2.24, 2.45) is 0 Å². The van der Waals surface area contributed by atoms with Crippen LogP contribution in [0.15, 0.2) is 53.0 Å². The Balaban J connectivity index is 1.34. The first kappa shape index (κ1) is 24.3. The molecule has 2 aromatic heterocycles. The summed E-state index contributed by atoms with van der Waals surface area (Å²) in [5.74, 6) is -0.943. The summed E-state index contributed by atoms with van der Waals surface area (Å²) >= 11 is 7.46. The fraction of sp³-hybridized carbons (Fsp3) is 0.273. The number of sulfonamides is 1. The Bertz CT molecular complexity index is 1310. The summed E-state index contributed by atoms with van der Waals surface area (Å²) in [5.41, 5.74) is 6.08. The highest BCUT2D eigenvalue weighted by Crippen LogP contribution is 2.33. The molecule has 0 aliphatic carbocycles. The number of pyridine rings is 1. The number of nitrogens with zero attached hydrogens (tertiary/aromatic N) is 3. The molecule has 0 unspecified atom stereocenters. The van der Waals surface area contributed by atoms with Crippen LogP contribution in [0.5, 0.6) is 0 Å². The van der Waals surface area contributed by atoms with Crippen LogP contribution in [-0.2, 0) is 10.0 Å². The Morgan fingerprint density at radius 1 is 1.09 bits per heavy atom. The number of nitrogens with one attached hydrogen (secondary N) is 2. The Labute approximate surface area is 206 Å². The van der Waals surface area contributed by atoms with Crippen LogP contribution in [0.1, 0.15) is 50.2 Å². The molecule has 4 rings (SSSR count). The van der Waals surface area contributed by atoms with Crippen molar-refractivity contribution in [2.75, 3.05) is 13.1 Å². The van der Waals surface area contributed by atoms with Gasteiger partial charge in [-0.1, -0.05) is 17.7 Å². The van der Waals surface area contributed by atoms with Gasteiger partial charge in [0, 0.05) is 47.4 Å². The lowest BCUT2D eigenvalue weighted by molar-refractivity contribution is 0.0844. The second-order valence-electron chi connectivity index (χ2n) is 7.80. The number of benzene rings is 1. The summed E-state index contributed by atoms with van der Waals surface area (Å²) in [7, 11) is -3.63. The molecule has 9 nitrogen and oxygen atoms in total. The predicted octanol–water partition coefficient (Wildman–Crippen LogP) is 3.14. The van der Waals surface area contributed by atoms with Gasteiger partial charge in [0.1, 0.15) is 5.69 Å². The zero-order valence-electron chi connectivity index (χ0n) is 18.2. The van der Waals surface area contributed by atoms with E-state index in [9.17, 15) is 18.0 Å². The molecule has 1 fully saturated rings. The highest BCUT2D eigenvalue weighted by atomic mass is 35.5. The number of hydrazine groups is 1. The van der Waals surface area contributed by atoms with E-state index >= 15 is 0 Å². The third-order valence-electron chi connectivity index (χ3n) is 5.57. The number of carbonyl (C=O) groups excluding carboxylic acids is 2. The molecule has 3 heterocycles. The van der Waals surface area contributed by atoms with Crippen LogP contribution in [-0.4, -0.2) is 47.6 Å². The van der Waals surface area contributed by atoms with Gasteiger partial charge in [0.05, 0.1) is 9.90 Å². The molecule has 1 aromatic carbocycles. The molecule has 3 aromatic rings. The van der Waals surface area contributed by atoms with Crippen LogP contribution in [0.25, 0.3) is 0 Å². The number of aromatic nitrogens is 2. The van der Waals surface area contributed by atoms with Crippen molar-refractivity contribution in [1.29, 1.82) is 0 Å². The number of hydrogen-bond acceptors (Lipinski definition) is 7. The van der Waals surface area contributed by atoms with Crippen LogP contribution < -0.4 is 10.9 Å². The molecular formula is C22H22ClN5O4S2. The van der Waals surface area contributed by atoms with E-state index in [2.05, 4.69) is 20.8 Å². The number of thiazole rings is 1. The average Bonchev–Trinajstić information content (AvgIpc) is 3.35. The number of amides is 2. The maximum atomic E-state index is 13.0. The van der Waals surface area contributed by atoms with Crippen LogP contribution in [0, 0.1) is 6.92 Å². The quantitative estimate of drug-likeness (QED) is 0.499. The van der Waals surface area contributed by atoms with Gasteiger partial charge >= 0.3 is 0 Å². The summed E-state index contributed by atoms with van der Waals surface area (Å²) in [5, 5.41) is 2.81. The zero-order chi connectivity index (χ0) is 24.3. The van der Waals surface area contributed by atoms with Crippen molar-refractivity contribution in [3.63, 3.8) is 0 Å². The minimum absolute atomic E-state index is 0.0472. The standard InChI is InChI=1S/C22H22ClN5O4S2/c1-14-2-3-17(12-18(14)23)34(31,32)28-10-6-16(7-11-28)22-25-19(13-33-22)21(30)27-26-20(29)15-4-8-24-9-5-15/h2-5,8-9,12-13,16H,6-7,10-11H2,1H3,(H,26,29)(H,27,30). The molecule has 0 bridgehead atoms. The molecule has 34 heavy (non-hydrogen) atoms. The molecule has 0 radical (unpaired) electrons. The maximum Gasteiger partial charge on any atom is 0.289 e. The smallest absolute Gasteiger partial charge is 0.267 e. The van der Waals surface area contributed by atoms with E-state index < -0.39 is 21.8 Å². The highest BCUT2D eigenvalue weighted by Gasteiger charge is 2.31. The van der Waals surface area contributed by atoms with Gasteiger partial charge in [-0.05, 0) is 49.6 Å². The maximum absolute atomic E-state index is 13.0. The van der Waals surface area contributed by atoms with Crippen LogP contribution in [0.4, 0.5) is 0 Å². The second kappa shape index (κ2) is 10.2. The number of rotatable bonds is 5. The average molecular weight is 520 g/mol. The van der Waals surface area contributed by atoms with Crippen molar-refractivity contribution < 1.29 is 18.0 Å². The summed E-state index contributed by atoms with van der Waals surface area (Å²) in [6.45, 7) is 2.52. The first-order chi connectivity index (χ1) is 16.3. The monoisotopic (exact) mass is 519 g/mol. The summed E-state index contributed by atoms with van der Waals surface area (Å²) in [6.07, 6.45) is 4.14. The Hall–Kier alpha value is -2.86. The molecule has 12 heteroatoms. The lowest BCUT2D eigenvalue weighted by Crippen LogP contribution is -2.41. The molecule has 1 saturated heterocycles. The topological polar surface area (TPSA) is 121 Å². The predicted molar refractivity (Wildman–Crippen MR) is 128 cm³/mol. The van der Waals surface area contributed by atoms with Gasteiger partial charge in [-0.15, -0.1) is 11.3 Å². The minimum atomic E-state index is -3.63. The lowest BCUT2D eigenvalue weighted by Gasteiger charge is -2.30. The van der Waals surface area contributed by atoms with E-state index in [1.54, 1.807) is 17.5 Å². The Morgan fingerprint density at radius 3 is 2.44 bits per heavy atom. The van der Waals surface area contributed by atoms with Gasteiger partial charge in [0.15, 0.2) is 0 Å². The summed E-state index contributed by atoms with van der Waals surface area (Å²) in [4.78, 5) is 32.9. The van der Waals surface area contributed by atoms with Gasteiger partial charge in [-0.2, -0.15) is 4.31 Å². The van der Waals surface area contributed by atoms with Crippen molar-refractivity contribution in [2.45, 2.75) is 30.6 Å². The molecular weight excluding hydrogens is 498 g/mol. The highest BCUT2D eigenvalue weighted by molar-refractivity contribution is 7.89. The van der Waals surface area contributed by atoms with Gasteiger partial charge in [-0.3, -0.25) is 25.4 Å². The first-order valence-electron chi connectivity index (χ1n) is 10.5. The fourth-order valence-electron chi connectivity index (χ4n) is 3.56. The van der Waals surface area contributed by atoms with Crippen molar-refractivity contribution in [3.05, 3.63) is 75.0 Å². The molecule has 0 saturated carbocycles. The Kier molecular flexibility index (Phi) is 7.27. The van der Waals surface area contributed by atoms with Crippen molar-refractivity contribution in [1.82, 2.24) is 25.1 Å². The zero-order valence-corrected chi connectivity index (χ0v) is 20.6. The van der Waals surface area contributed by atoms with E-state index in [0.717, 1.165) is 10.6 Å². The molecule has 0 spiro atoms. The van der Waals surface area contributed by atoms with Gasteiger partial charge < -0.3 is 0 Å². The molecule has 2 N–H and O–H groups in total. The van der Waals surface area contributed by atoms with Crippen molar-refractivity contribution in [3.8, 4) is 0 Å². The first-order valence-corrected chi connectivity index (χ1v) is 13.2. The molecule has 2 amide bonds. The van der Waals surface area contributed by atoms with Crippen molar-refractivity contribution >= 4 is 44.8 Å². The molecule has 178 valence electrons. The van der Waals surface area contributed by atoms with Gasteiger partial charge in [0.25, 0.3) is 11.8 Å². The van der Waals surface area contributed by atoms with Crippen LogP contribution in [0.2, 0.25) is 5.02 Å². The number of piperidine rings is 1. The largest absolute Gasteiger partial charge is 0.289 e.